The number of hydrogen-bond acceptors (Lipinski definition) is 3. The van der Waals surface area contributed by atoms with E-state index >= 15 is 0 Å². The number of anilines is 2. The minimum absolute atomic E-state index is 0.0374. The number of benzene rings is 2. The van der Waals surface area contributed by atoms with Crippen LogP contribution in [0.25, 0.3) is 0 Å². The molecule has 142 valence electrons. The molecule has 0 heterocycles. The van der Waals surface area contributed by atoms with Gasteiger partial charge < -0.3 is 21.7 Å². The average molecular weight is 380 g/mol. The van der Waals surface area contributed by atoms with Gasteiger partial charge in [-0.05, 0) is 30.3 Å². The molecular formula is C17H15F3N4O3. The number of alkyl halides is 3. The zero-order valence-corrected chi connectivity index (χ0v) is 13.8. The Bertz CT molecular complexity index is 868. The van der Waals surface area contributed by atoms with E-state index < -0.39 is 30.6 Å². The number of primary amides is 1. The first-order chi connectivity index (χ1) is 12.7. The molecule has 5 N–H and O–H groups in total. The first kappa shape index (κ1) is 19.8. The van der Waals surface area contributed by atoms with Crippen molar-refractivity contribution in [2.45, 2.75) is 6.18 Å². The highest BCUT2D eigenvalue weighted by molar-refractivity contribution is 6.09. The first-order valence-electron chi connectivity index (χ1n) is 7.57. The molecule has 2 aromatic rings. The number of urea groups is 1. The summed E-state index contributed by atoms with van der Waals surface area (Å²) in [5.74, 6) is -1.61. The second kappa shape index (κ2) is 8.21. The van der Waals surface area contributed by atoms with E-state index in [2.05, 4.69) is 10.6 Å². The smallest absolute Gasteiger partial charge is 0.351 e. The van der Waals surface area contributed by atoms with Gasteiger partial charge in [0.1, 0.15) is 6.54 Å². The van der Waals surface area contributed by atoms with Gasteiger partial charge in [-0.25, -0.2) is 4.79 Å². The average Bonchev–Trinajstić information content (AvgIpc) is 2.59. The Morgan fingerprint density at radius 1 is 0.926 bits per heavy atom. The van der Waals surface area contributed by atoms with Crippen molar-refractivity contribution in [2.24, 2.45) is 5.73 Å². The SMILES string of the molecule is NC(=O)Nc1cccc(C(=O)Nc2ccccc2C(=O)NCC(F)(F)F)c1. The summed E-state index contributed by atoms with van der Waals surface area (Å²) in [7, 11) is 0. The third kappa shape index (κ3) is 6.03. The van der Waals surface area contributed by atoms with Crippen molar-refractivity contribution < 1.29 is 27.6 Å². The van der Waals surface area contributed by atoms with E-state index in [1.165, 1.54) is 48.5 Å². The summed E-state index contributed by atoms with van der Waals surface area (Å²) in [6.07, 6.45) is -4.55. The zero-order valence-electron chi connectivity index (χ0n) is 13.8. The van der Waals surface area contributed by atoms with Crippen molar-refractivity contribution in [3.63, 3.8) is 0 Å². The van der Waals surface area contributed by atoms with Gasteiger partial charge in [0.15, 0.2) is 0 Å². The van der Waals surface area contributed by atoms with Crippen LogP contribution in [0.3, 0.4) is 0 Å². The Morgan fingerprint density at radius 3 is 2.30 bits per heavy atom. The predicted octanol–water partition coefficient (Wildman–Crippen LogP) is 2.72. The summed E-state index contributed by atoms with van der Waals surface area (Å²) in [4.78, 5) is 35.2. The number of halogens is 3. The monoisotopic (exact) mass is 380 g/mol. The molecule has 0 aliphatic rings. The molecule has 2 aromatic carbocycles. The number of nitrogens with two attached hydrogens (primary N) is 1. The molecule has 0 aliphatic heterocycles. The standard InChI is InChI=1S/C17H15F3N4O3/c18-17(19,20)9-22-15(26)12-6-1-2-7-13(12)24-14(25)10-4-3-5-11(8-10)23-16(21)27/h1-8H,9H2,(H,22,26)(H,24,25)(H3,21,23,27). The van der Waals surface area contributed by atoms with Crippen LogP contribution < -0.4 is 21.7 Å². The van der Waals surface area contributed by atoms with Crippen molar-refractivity contribution in [1.29, 1.82) is 0 Å². The molecular weight excluding hydrogens is 365 g/mol. The van der Waals surface area contributed by atoms with Gasteiger partial charge >= 0.3 is 12.2 Å². The Balaban J connectivity index is 2.17. The Kier molecular flexibility index (Phi) is 6.01. The lowest BCUT2D eigenvalue weighted by Gasteiger charge is -2.13. The van der Waals surface area contributed by atoms with Gasteiger partial charge in [-0.2, -0.15) is 13.2 Å². The fourth-order valence-electron chi connectivity index (χ4n) is 2.14. The Morgan fingerprint density at radius 2 is 1.63 bits per heavy atom. The van der Waals surface area contributed by atoms with Gasteiger partial charge in [0.2, 0.25) is 0 Å². The van der Waals surface area contributed by atoms with Crippen molar-refractivity contribution in [3.8, 4) is 0 Å². The molecule has 7 nitrogen and oxygen atoms in total. The normalized spacial score (nSPS) is 10.8. The number of amides is 4. The highest BCUT2D eigenvalue weighted by atomic mass is 19.4. The van der Waals surface area contributed by atoms with E-state index in [9.17, 15) is 27.6 Å². The van der Waals surface area contributed by atoms with Crippen LogP contribution >= 0.6 is 0 Å². The third-order valence-electron chi connectivity index (χ3n) is 3.26. The number of nitrogens with one attached hydrogen (secondary N) is 3. The summed E-state index contributed by atoms with van der Waals surface area (Å²) in [5.41, 5.74) is 5.35. The lowest BCUT2D eigenvalue weighted by molar-refractivity contribution is -0.123. The third-order valence-corrected chi connectivity index (χ3v) is 3.26. The molecule has 2 rings (SSSR count). The highest BCUT2D eigenvalue weighted by Gasteiger charge is 2.28. The van der Waals surface area contributed by atoms with E-state index in [-0.39, 0.29) is 22.5 Å². The molecule has 10 heteroatoms. The highest BCUT2D eigenvalue weighted by Crippen LogP contribution is 2.19. The van der Waals surface area contributed by atoms with Crippen molar-refractivity contribution >= 4 is 29.2 Å². The number of para-hydroxylation sites is 1. The predicted molar refractivity (Wildman–Crippen MR) is 92.4 cm³/mol. The van der Waals surface area contributed by atoms with Gasteiger partial charge in [0.25, 0.3) is 11.8 Å². The summed E-state index contributed by atoms with van der Waals surface area (Å²) >= 11 is 0. The quantitative estimate of drug-likeness (QED) is 0.640. The Labute approximate surface area is 151 Å². The van der Waals surface area contributed by atoms with E-state index in [1.807, 2.05) is 0 Å². The minimum Gasteiger partial charge on any atom is -0.351 e. The number of rotatable bonds is 5. The molecule has 0 aliphatic carbocycles. The van der Waals surface area contributed by atoms with Gasteiger partial charge in [0, 0.05) is 11.3 Å². The summed E-state index contributed by atoms with van der Waals surface area (Å²) in [6, 6.07) is 10.6. The van der Waals surface area contributed by atoms with Crippen LogP contribution in [0.1, 0.15) is 20.7 Å². The molecule has 0 saturated carbocycles. The van der Waals surface area contributed by atoms with Crippen LogP contribution in [-0.4, -0.2) is 30.6 Å². The van der Waals surface area contributed by atoms with Crippen LogP contribution in [0.4, 0.5) is 29.3 Å². The van der Waals surface area contributed by atoms with E-state index in [4.69, 9.17) is 5.73 Å². The van der Waals surface area contributed by atoms with Crippen molar-refractivity contribution in [1.82, 2.24) is 5.32 Å². The number of hydrogen-bond donors (Lipinski definition) is 4. The topological polar surface area (TPSA) is 113 Å². The lowest BCUT2D eigenvalue weighted by atomic mass is 10.1. The van der Waals surface area contributed by atoms with Gasteiger partial charge in [-0.3, -0.25) is 9.59 Å². The second-order valence-corrected chi connectivity index (χ2v) is 5.37. The van der Waals surface area contributed by atoms with Crippen LogP contribution in [0.15, 0.2) is 48.5 Å². The van der Waals surface area contributed by atoms with E-state index in [1.54, 1.807) is 5.32 Å². The second-order valence-electron chi connectivity index (χ2n) is 5.37. The minimum atomic E-state index is -4.55. The fraction of sp³-hybridized carbons (Fsp3) is 0.118. The van der Waals surface area contributed by atoms with E-state index in [0.717, 1.165) is 0 Å². The van der Waals surface area contributed by atoms with Crippen LogP contribution in [0, 0.1) is 0 Å². The van der Waals surface area contributed by atoms with Crippen molar-refractivity contribution in [2.75, 3.05) is 17.2 Å². The maximum atomic E-state index is 12.4. The molecule has 0 atom stereocenters. The molecule has 27 heavy (non-hydrogen) atoms. The molecule has 0 radical (unpaired) electrons. The molecule has 0 aromatic heterocycles. The van der Waals surface area contributed by atoms with Crippen molar-refractivity contribution in [3.05, 3.63) is 59.7 Å². The summed E-state index contributed by atoms with van der Waals surface area (Å²) in [5, 5.41) is 6.52. The summed E-state index contributed by atoms with van der Waals surface area (Å²) in [6.45, 7) is -1.49. The number of carbonyl (C=O) groups excluding carboxylic acids is 3. The Hall–Kier alpha value is -3.56. The van der Waals surface area contributed by atoms with Crippen LogP contribution in [0.2, 0.25) is 0 Å². The number of carbonyl (C=O) groups is 3. The lowest BCUT2D eigenvalue weighted by Crippen LogP contribution is -2.34. The first-order valence-corrected chi connectivity index (χ1v) is 7.57. The summed E-state index contributed by atoms with van der Waals surface area (Å²) < 4.78 is 36.8. The van der Waals surface area contributed by atoms with E-state index in [0.29, 0.717) is 0 Å². The maximum absolute atomic E-state index is 12.4. The molecule has 0 fully saturated rings. The maximum Gasteiger partial charge on any atom is 0.405 e. The largest absolute Gasteiger partial charge is 0.405 e. The van der Waals surface area contributed by atoms with Gasteiger partial charge in [0.05, 0.1) is 11.3 Å². The van der Waals surface area contributed by atoms with Gasteiger partial charge in [-0.15, -0.1) is 0 Å². The van der Waals surface area contributed by atoms with Crippen LogP contribution in [0.5, 0.6) is 0 Å². The molecule has 0 bridgehead atoms. The van der Waals surface area contributed by atoms with Gasteiger partial charge in [-0.1, -0.05) is 18.2 Å². The molecule has 0 unspecified atom stereocenters. The van der Waals surface area contributed by atoms with Crippen LogP contribution in [-0.2, 0) is 0 Å². The molecule has 0 spiro atoms. The zero-order chi connectivity index (χ0) is 20.0. The molecule has 0 saturated heterocycles. The fourth-order valence-corrected chi connectivity index (χ4v) is 2.14. The molecule has 4 amide bonds.